The van der Waals surface area contributed by atoms with Gasteiger partial charge in [-0.1, -0.05) is 51.0 Å². The molecule has 2 saturated carbocycles. The molecule has 0 bridgehead atoms. The highest BCUT2D eigenvalue weighted by atomic mass is 32.2. The van der Waals surface area contributed by atoms with Crippen LogP contribution < -0.4 is 0 Å². The standard InChI is InChI=1S/C26H42O2S/c1-19(2)29(27,28)18-24-9-7-22(8-10-24)5-6-23-11-13-25(14-12-23)26-16-20(3)15-21(4)17-26/h11-14,19-22,24,26H,5-10,15-18H2,1-4H3. The van der Waals surface area contributed by atoms with E-state index in [9.17, 15) is 8.42 Å². The van der Waals surface area contributed by atoms with E-state index in [-0.39, 0.29) is 5.25 Å². The highest BCUT2D eigenvalue weighted by molar-refractivity contribution is 7.91. The molecule has 0 amide bonds. The van der Waals surface area contributed by atoms with Crippen LogP contribution in [0.1, 0.15) is 96.1 Å². The summed E-state index contributed by atoms with van der Waals surface area (Å²) >= 11 is 0. The van der Waals surface area contributed by atoms with Crippen LogP contribution >= 0.6 is 0 Å². The lowest BCUT2D eigenvalue weighted by Gasteiger charge is -2.32. The number of hydrogen-bond acceptors (Lipinski definition) is 2. The Hall–Kier alpha value is -0.830. The Morgan fingerprint density at radius 3 is 1.97 bits per heavy atom. The maximum atomic E-state index is 12.2. The predicted octanol–water partition coefficient (Wildman–Crippen LogP) is 6.79. The van der Waals surface area contributed by atoms with Gasteiger partial charge in [0.1, 0.15) is 0 Å². The van der Waals surface area contributed by atoms with Gasteiger partial charge in [0.05, 0.1) is 11.0 Å². The van der Waals surface area contributed by atoms with Gasteiger partial charge in [0, 0.05) is 0 Å². The molecule has 2 aliphatic carbocycles. The summed E-state index contributed by atoms with van der Waals surface area (Å²) in [6.07, 6.45) is 11.1. The van der Waals surface area contributed by atoms with E-state index in [2.05, 4.69) is 38.1 Å². The number of sulfone groups is 1. The van der Waals surface area contributed by atoms with Gasteiger partial charge in [0.25, 0.3) is 0 Å². The molecule has 0 N–H and O–H groups in total. The average Bonchev–Trinajstić information content (AvgIpc) is 2.67. The minimum atomic E-state index is -2.89. The molecule has 3 heteroatoms. The average molecular weight is 419 g/mol. The second-order valence-corrected chi connectivity index (χ2v) is 13.3. The van der Waals surface area contributed by atoms with Crippen LogP contribution in [0.5, 0.6) is 0 Å². The third-order valence-electron chi connectivity index (χ3n) is 7.62. The van der Waals surface area contributed by atoms with Gasteiger partial charge in [-0.05, 0) is 99.5 Å². The molecule has 0 aliphatic heterocycles. The molecule has 0 heterocycles. The second kappa shape index (κ2) is 9.98. The quantitative estimate of drug-likeness (QED) is 0.488. The van der Waals surface area contributed by atoms with Crippen LogP contribution in [0.4, 0.5) is 0 Å². The topological polar surface area (TPSA) is 34.1 Å². The van der Waals surface area contributed by atoms with Crippen LogP contribution in [0.2, 0.25) is 0 Å². The normalized spacial score (nSPS) is 31.1. The Morgan fingerprint density at radius 2 is 1.41 bits per heavy atom. The molecule has 0 aromatic heterocycles. The van der Waals surface area contributed by atoms with E-state index in [0.29, 0.717) is 11.7 Å². The maximum absolute atomic E-state index is 12.2. The van der Waals surface area contributed by atoms with Crippen LogP contribution in [0.25, 0.3) is 0 Å². The van der Waals surface area contributed by atoms with Crippen LogP contribution in [-0.4, -0.2) is 19.4 Å². The van der Waals surface area contributed by atoms with E-state index in [0.717, 1.165) is 42.9 Å². The molecule has 29 heavy (non-hydrogen) atoms. The first-order valence-electron chi connectivity index (χ1n) is 12.0. The Morgan fingerprint density at radius 1 is 0.862 bits per heavy atom. The summed E-state index contributed by atoms with van der Waals surface area (Å²) < 4.78 is 24.3. The van der Waals surface area contributed by atoms with Crippen LogP contribution in [0, 0.1) is 23.7 Å². The number of hydrogen-bond donors (Lipinski definition) is 0. The lowest BCUT2D eigenvalue weighted by atomic mass is 9.74. The van der Waals surface area contributed by atoms with Gasteiger partial charge in [-0.3, -0.25) is 0 Å². The molecule has 1 aromatic carbocycles. The molecule has 0 saturated heterocycles. The van der Waals surface area contributed by atoms with E-state index in [1.54, 1.807) is 5.56 Å². The van der Waals surface area contributed by atoms with Crippen molar-refractivity contribution in [1.29, 1.82) is 0 Å². The molecule has 2 unspecified atom stereocenters. The zero-order valence-corrected chi connectivity index (χ0v) is 19.9. The molecule has 2 aliphatic rings. The second-order valence-electron chi connectivity index (χ2n) is 10.7. The van der Waals surface area contributed by atoms with Gasteiger partial charge in [-0.25, -0.2) is 8.42 Å². The fraction of sp³-hybridized carbons (Fsp3) is 0.769. The first-order valence-corrected chi connectivity index (χ1v) is 13.7. The molecule has 2 atom stereocenters. The van der Waals surface area contributed by atoms with Crippen LogP contribution in [0.3, 0.4) is 0 Å². The van der Waals surface area contributed by atoms with Crippen molar-refractivity contribution in [2.24, 2.45) is 23.7 Å². The molecule has 1 aromatic rings. The Balaban J connectivity index is 1.43. The van der Waals surface area contributed by atoms with Crippen molar-refractivity contribution in [3.05, 3.63) is 35.4 Å². The minimum Gasteiger partial charge on any atom is -0.229 e. The summed E-state index contributed by atoms with van der Waals surface area (Å²) in [7, 11) is -2.89. The van der Waals surface area contributed by atoms with E-state index >= 15 is 0 Å². The Labute approximate surface area is 179 Å². The molecular formula is C26H42O2S. The van der Waals surface area contributed by atoms with Crippen molar-refractivity contribution >= 4 is 9.84 Å². The lowest BCUT2D eigenvalue weighted by Crippen LogP contribution is -2.26. The summed E-state index contributed by atoms with van der Waals surface area (Å²) in [5.74, 6) is 4.02. The van der Waals surface area contributed by atoms with Crippen molar-refractivity contribution in [1.82, 2.24) is 0 Å². The largest absolute Gasteiger partial charge is 0.229 e. The molecule has 0 radical (unpaired) electrons. The van der Waals surface area contributed by atoms with Crippen molar-refractivity contribution in [2.45, 2.75) is 96.7 Å². The summed E-state index contributed by atoms with van der Waals surface area (Å²) in [6.45, 7) is 8.43. The molecule has 2 nitrogen and oxygen atoms in total. The van der Waals surface area contributed by atoms with Gasteiger partial charge in [-0.15, -0.1) is 0 Å². The maximum Gasteiger partial charge on any atom is 0.152 e. The minimum absolute atomic E-state index is 0.233. The summed E-state index contributed by atoms with van der Waals surface area (Å²) in [4.78, 5) is 0. The fourth-order valence-electron chi connectivity index (χ4n) is 5.75. The Kier molecular flexibility index (Phi) is 7.87. The van der Waals surface area contributed by atoms with Crippen molar-refractivity contribution in [2.75, 3.05) is 5.75 Å². The lowest BCUT2D eigenvalue weighted by molar-refractivity contribution is 0.268. The van der Waals surface area contributed by atoms with Crippen molar-refractivity contribution < 1.29 is 8.42 Å². The van der Waals surface area contributed by atoms with Gasteiger partial charge in [0.2, 0.25) is 0 Å². The van der Waals surface area contributed by atoms with Gasteiger partial charge in [-0.2, -0.15) is 0 Å². The number of rotatable bonds is 7. The van der Waals surface area contributed by atoms with E-state index in [1.165, 1.54) is 44.1 Å². The number of benzene rings is 1. The van der Waals surface area contributed by atoms with Crippen molar-refractivity contribution in [3.8, 4) is 0 Å². The molecular weight excluding hydrogens is 376 g/mol. The third-order valence-corrected chi connectivity index (χ3v) is 10.00. The fourth-order valence-corrected chi connectivity index (χ4v) is 7.13. The Bertz CT molecular complexity index is 716. The van der Waals surface area contributed by atoms with Crippen LogP contribution in [0.15, 0.2) is 24.3 Å². The summed E-state index contributed by atoms with van der Waals surface area (Å²) in [6, 6.07) is 9.50. The summed E-state index contributed by atoms with van der Waals surface area (Å²) in [5.41, 5.74) is 3.01. The monoisotopic (exact) mass is 418 g/mol. The first kappa shape index (κ1) is 22.8. The smallest absolute Gasteiger partial charge is 0.152 e. The predicted molar refractivity (Wildman–Crippen MR) is 124 cm³/mol. The zero-order chi connectivity index (χ0) is 21.0. The molecule has 2 fully saturated rings. The highest BCUT2D eigenvalue weighted by Gasteiger charge is 2.27. The van der Waals surface area contributed by atoms with Gasteiger partial charge < -0.3 is 0 Å². The number of aryl methyl sites for hydroxylation is 1. The highest BCUT2D eigenvalue weighted by Crippen LogP contribution is 2.39. The van der Waals surface area contributed by atoms with Gasteiger partial charge in [0.15, 0.2) is 9.84 Å². The molecule has 0 spiro atoms. The molecule has 164 valence electrons. The van der Waals surface area contributed by atoms with E-state index in [1.807, 2.05) is 13.8 Å². The summed E-state index contributed by atoms with van der Waals surface area (Å²) in [5, 5.41) is -0.233. The first-order chi connectivity index (χ1) is 13.7. The van der Waals surface area contributed by atoms with Crippen molar-refractivity contribution in [3.63, 3.8) is 0 Å². The zero-order valence-electron chi connectivity index (χ0n) is 19.1. The molecule has 3 rings (SSSR count). The SMILES string of the molecule is CC1CC(C)CC(c2ccc(CCC3CCC(CS(=O)(=O)C(C)C)CC3)cc2)C1. The third kappa shape index (κ3) is 6.57. The van der Waals surface area contributed by atoms with Crippen LogP contribution in [-0.2, 0) is 16.3 Å². The van der Waals surface area contributed by atoms with E-state index < -0.39 is 9.84 Å². The van der Waals surface area contributed by atoms with Gasteiger partial charge >= 0.3 is 0 Å². The van der Waals surface area contributed by atoms with E-state index in [4.69, 9.17) is 0 Å².